The Balaban J connectivity index is 1.60. The average Bonchev–Trinajstić information content (AvgIpc) is 2.49. The van der Waals surface area contributed by atoms with Crippen molar-refractivity contribution in [1.29, 1.82) is 0 Å². The van der Waals surface area contributed by atoms with Crippen LogP contribution in [-0.2, 0) is 11.3 Å². The quantitative estimate of drug-likeness (QED) is 0.496. The highest BCUT2D eigenvalue weighted by Crippen LogP contribution is 2.40. The smallest absolute Gasteiger partial charge is 0.118 e. The van der Waals surface area contributed by atoms with Crippen LogP contribution in [0.5, 0.6) is 5.75 Å². The van der Waals surface area contributed by atoms with Gasteiger partial charge in [0.25, 0.3) is 0 Å². The first-order chi connectivity index (χ1) is 10.1. The molecule has 2 rings (SSSR count). The summed E-state index contributed by atoms with van der Waals surface area (Å²) in [5.41, 5.74) is 0.463. The number of rotatable bonds is 6. The van der Waals surface area contributed by atoms with Crippen LogP contribution in [0.15, 0.2) is 36.9 Å². The van der Waals surface area contributed by atoms with E-state index >= 15 is 0 Å². The summed E-state index contributed by atoms with van der Waals surface area (Å²) in [4.78, 5) is 0. The lowest BCUT2D eigenvalue weighted by molar-refractivity contribution is -0.0284. The van der Waals surface area contributed by atoms with Crippen molar-refractivity contribution in [2.75, 3.05) is 13.7 Å². The van der Waals surface area contributed by atoms with Crippen molar-refractivity contribution in [2.45, 2.75) is 31.5 Å². The summed E-state index contributed by atoms with van der Waals surface area (Å²) in [5.74, 6) is 7.47. The Bertz CT molecular complexity index is 516. The second kappa shape index (κ2) is 7.31. The molecule has 0 saturated heterocycles. The lowest BCUT2D eigenvalue weighted by Crippen LogP contribution is -2.41. The number of hydrogen-bond acceptors (Lipinski definition) is 3. The van der Waals surface area contributed by atoms with Gasteiger partial charge in [-0.1, -0.05) is 24.1 Å². The minimum atomic E-state index is -0.642. The zero-order chi connectivity index (χ0) is 15.1. The fourth-order valence-electron chi connectivity index (χ4n) is 2.46. The van der Waals surface area contributed by atoms with Gasteiger partial charge >= 0.3 is 0 Å². The van der Waals surface area contributed by atoms with E-state index in [0.29, 0.717) is 19.1 Å². The highest BCUT2D eigenvalue weighted by Gasteiger charge is 2.39. The van der Waals surface area contributed by atoms with Crippen LogP contribution in [0.1, 0.15) is 24.8 Å². The fourth-order valence-corrected chi connectivity index (χ4v) is 2.46. The van der Waals surface area contributed by atoms with Crippen molar-refractivity contribution in [3.8, 4) is 17.6 Å². The Morgan fingerprint density at radius 2 is 2.05 bits per heavy atom. The molecule has 3 nitrogen and oxygen atoms in total. The molecule has 1 aromatic rings. The van der Waals surface area contributed by atoms with Crippen LogP contribution >= 0.6 is 0 Å². The van der Waals surface area contributed by atoms with Gasteiger partial charge in [-0.05, 0) is 36.5 Å². The molecule has 1 fully saturated rings. The zero-order valence-electron chi connectivity index (χ0n) is 12.5. The van der Waals surface area contributed by atoms with Crippen LogP contribution in [0.3, 0.4) is 0 Å². The number of ether oxygens (including phenoxy) is 2. The minimum absolute atomic E-state index is 0.435. The molecule has 21 heavy (non-hydrogen) atoms. The van der Waals surface area contributed by atoms with Crippen molar-refractivity contribution in [1.82, 2.24) is 0 Å². The molecule has 0 heterocycles. The molecule has 0 aromatic heterocycles. The molecule has 1 aliphatic carbocycles. The molecule has 1 N–H and O–H groups in total. The summed E-state index contributed by atoms with van der Waals surface area (Å²) in [6, 6.07) is 7.80. The Hall–Kier alpha value is -1.76. The Morgan fingerprint density at radius 1 is 1.33 bits per heavy atom. The van der Waals surface area contributed by atoms with E-state index in [2.05, 4.69) is 18.4 Å². The molecule has 1 aliphatic rings. The van der Waals surface area contributed by atoms with Gasteiger partial charge in [-0.25, -0.2) is 0 Å². The highest BCUT2D eigenvalue weighted by molar-refractivity contribution is 5.26. The van der Waals surface area contributed by atoms with Gasteiger partial charge in [0, 0.05) is 6.42 Å². The third-order valence-electron chi connectivity index (χ3n) is 3.78. The molecule has 1 saturated carbocycles. The molecule has 0 aliphatic heterocycles. The van der Waals surface area contributed by atoms with Crippen molar-refractivity contribution >= 4 is 0 Å². The first kappa shape index (κ1) is 15.6. The van der Waals surface area contributed by atoms with Gasteiger partial charge in [-0.15, -0.1) is 12.5 Å². The van der Waals surface area contributed by atoms with Gasteiger partial charge in [0.05, 0.1) is 19.3 Å². The maximum atomic E-state index is 9.79. The normalized spacial score (nSPS) is 23.6. The average molecular weight is 286 g/mol. The molecule has 0 amide bonds. The van der Waals surface area contributed by atoms with E-state index in [1.165, 1.54) is 0 Å². The third-order valence-corrected chi connectivity index (χ3v) is 3.78. The second-order valence-corrected chi connectivity index (χ2v) is 5.48. The molecule has 112 valence electrons. The molecule has 0 radical (unpaired) electrons. The first-order valence-electron chi connectivity index (χ1n) is 7.17. The van der Waals surface area contributed by atoms with E-state index < -0.39 is 5.60 Å². The molecule has 0 spiro atoms. The lowest BCUT2D eigenvalue weighted by Gasteiger charge is -2.40. The Kier molecular flexibility index (Phi) is 5.44. The summed E-state index contributed by atoms with van der Waals surface area (Å²) >= 11 is 0. The zero-order valence-corrected chi connectivity index (χ0v) is 12.5. The lowest BCUT2D eigenvalue weighted by atomic mass is 9.70. The van der Waals surface area contributed by atoms with E-state index in [0.717, 1.165) is 30.6 Å². The molecule has 0 bridgehead atoms. The Morgan fingerprint density at radius 3 is 2.67 bits per heavy atom. The number of hydrogen-bond donors (Lipinski definition) is 1. The van der Waals surface area contributed by atoms with Gasteiger partial charge in [0.15, 0.2) is 0 Å². The molecule has 1 aromatic carbocycles. The minimum Gasteiger partial charge on any atom is -0.497 e. The summed E-state index contributed by atoms with van der Waals surface area (Å²) in [6.07, 6.45) is 4.01. The molecule has 3 heteroatoms. The van der Waals surface area contributed by atoms with Gasteiger partial charge in [-0.3, -0.25) is 0 Å². The number of aliphatic hydroxyl groups is 1. The SMILES string of the molecule is C=CC1(O)CC(CC#CCOCc2ccc(OC)cc2)C1. The van der Waals surface area contributed by atoms with E-state index in [9.17, 15) is 5.11 Å². The Labute approximate surface area is 126 Å². The van der Waals surface area contributed by atoms with Crippen molar-refractivity contribution in [3.05, 3.63) is 42.5 Å². The first-order valence-corrected chi connectivity index (χ1v) is 7.17. The highest BCUT2D eigenvalue weighted by atomic mass is 16.5. The predicted molar refractivity (Wildman–Crippen MR) is 82.9 cm³/mol. The monoisotopic (exact) mass is 286 g/mol. The van der Waals surface area contributed by atoms with Crippen molar-refractivity contribution in [2.24, 2.45) is 5.92 Å². The van der Waals surface area contributed by atoms with Crippen LogP contribution in [0.2, 0.25) is 0 Å². The summed E-state index contributed by atoms with van der Waals surface area (Å²) in [5, 5.41) is 9.79. The van der Waals surface area contributed by atoms with Gasteiger partial charge in [0.1, 0.15) is 12.4 Å². The summed E-state index contributed by atoms with van der Waals surface area (Å²) in [6.45, 7) is 4.62. The predicted octanol–water partition coefficient (Wildman–Crippen LogP) is 2.93. The maximum Gasteiger partial charge on any atom is 0.118 e. The van der Waals surface area contributed by atoms with Crippen LogP contribution in [0.4, 0.5) is 0 Å². The standard InChI is InChI=1S/C18H22O3/c1-3-18(19)12-16(13-18)6-4-5-11-21-14-15-7-9-17(20-2)10-8-15/h3,7-10,16,19H,1,6,11-14H2,2H3. The van der Waals surface area contributed by atoms with Gasteiger partial charge < -0.3 is 14.6 Å². The van der Waals surface area contributed by atoms with E-state index in [1.807, 2.05) is 24.3 Å². The summed E-state index contributed by atoms with van der Waals surface area (Å²) in [7, 11) is 1.65. The van der Waals surface area contributed by atoms with Gasteiger partial charge in [0.2, 0.25) is 0 Å². The number of methoxy groups -OCH3 is 1. The van der Waals surface area contributed by atoms with Crippen molar-refractivity contribution < 1.29 is 14.6 Å². The fraction of sp³-hybridized carbons (Fsp3) is 0.444. The molecule has 0 atom stereocenters. The largest absolute Gasteiger partial charge is 0.497 e. The number of benzene rings is 1. The topological polar surface area (TPSA) is 38.7 Å². The van der Waals surface area contributed by atoms with Crippen LogP contribution in [0.25, 0.3) is 0 Å². The van der Waals surface area contributed by atoms with Crippen molar-refractivity contribution in [3.63, 3.8) is 0 Å². The van der Waals surface area contributed by atoms with E-state index in [-0.39, 0.29) is 0 Å². The molecular formula is C18H22O3. The van der Waals surface area contributed by atoms with Crippen LogP contribution < -0.4 is 4.74 Å². The molecule has 0 unspecified atom stereocenters. The second-order valence-electron chi connectivity index (χ2n) is 5.48. The third kappa shape index (κ3) is 4.63. The van der Waals surface area contributed by atoms with E-state index in [4.69, 9.17) is 9.47 Å². The van der Waals surface area contributed by atoms with Crippen LogP contribution in [-0.4, -0.2) is 24.4 Å². The van der Waals surface area contributed by atoms with Gasteiger partial charge in [-0.2, -0.15) is 0 Å². The maximum absolute atomic E-state index is 9.79. The summed E-state index contributed by atoms with van der Waals surface area (Å²) < 4.78 is 10.6. The van der Waals surface area contributed by atoms with Crippen LogP contribution in [0, 0.1) is 17.8 Å². The molecular weight excluding hydrogens is 264 g/mol. The van der Waals surface area contributed by atoms with E-state index in [1.54, 1.807) is 13.2 Å².